The van der Waals surface area contributed by atoms with Crippen molar-refractivity contribution < 1.29 is 0 Å². The van der Waals surface area contributed by atoms with E-state index in [0.29, 0.717) is 6.04 Å². The smallest absolute Gasteiger partial charge is 0.0215 e. The first-order valence-electron chi connectivity index (χ1n) is 5.24. The van der Waals surface area contributed by atoms with Crippen LogP contribution in [-0.2, 0) is 0 Å². The van der Waals surface area contributed by atoms with E-state index in [0.717, 1.165) is 13.1 Å². The van der Waals surface area contributed by atoms with Gasteiger partial charge in [-0.15, -0.1) is 0 Å². The molecule has 0 radical (unpaired) electrons. The van der Waals surface area contributed by atoms with Gasteiger partial charge in [-0.1, -0.05) is 36.4 Å². The van der Waals surface area contributed by atoms with E-state index in [1.807, 2.05) is 0 Å². The summed E-state index contributed by atoms with van der Waals surface area (Å²) < 4.78 is 0. The van der Waals surface area contributed by atoms with Gasteiger partial charge in [0.1, 0.15) is 0 Å². The number of nitrogens with zero attached hydrogens (tertiary/aromatic N) is 1. The van der Waals surface area contributed by atoms with Gasteiger partial charge in [0.25, 0.3) is 0 Å². The van der Waals surface area contributed by atoms with Crippen molar-refractivity contribution >= 4 is 6.08 Å². The van der Waals surface area contributed by atoms with E-state index in [2.05, 4.69) is 55.2 Å². The molecule has 1 aliphatic heterocycles. The minimum atomic E-state index is 0.683. The van der Waals surface area contributed by atoms with Gasteiger partial charge in [-0.25, -0.2) is 0 Å². The van der Waals surface area contributed by atoms with Crippen molar-refractivity contribution in [3.05, 3.63) is 41.5 Å². The molecule has 1 fully saturated rings. The fraction of sp³-hybridized carbons (Fsp3) is 0.385. The number of hydrogen-bond acceptors (Lipinski definition) is 1. The van der Waals surface area contributed by atoms with Crippen molar-refractivity contribution in [1.82, 2.24) is 4.90 Å². The lowest BCUT2D eigenvalue weighted by Gasteiger charge is -2.37. The van der Waals surface area contributed by atoms with Crippen molar-refractivity contribution in [1.29, 1.82) is 0 Å². The van der Waals surface area contributed by atoms with Crippen LogP contribution in [-0.4, -0.2) is 24.0 Å². The first kappa shape index (κ1) is 9.47. The summed E-state index contributed by atoms with van der Waals surface area (Å²) in [5.74, 6) is 0. The van der Waals surface area contributed by atoms with E-state index < -0.39 is 0 Å². The Morgan fingerprint density at radius 2 is 1.79 bits per heavy atom. The second-order valence-electron chi connectivity index (χ2n) is 4.21. The van der Waals surface area contributed by atoms with E-state index in [9.17, 15) is 0 Å². The molecular weight excluding hydrogens is 170 g/mol. The monoisotopic (exact) mass is 187 g/mol. The zero-order valence-electron chi connectivity index (χ0n) is 8.90. The average Bonchev–Trinajstić information content (AvgIpc) is 2.12. The Morgan fingerprint density at radius 1 is 1.14 bits per heavy atom. The molecule has 0 aromatic heterocycles. The van der Waals surface area contributed by atoms with Gasteiger partial charge in [0, 0.05) is 19.1 Å². The predicted octanol–water partition coefficient (Wildman–Crippen LogP) is 2.79. The molecule has 0 spiro atoms. The summed E-state index contributed by atoms with van der Waals surface area (Å²) in [6.07, 6.45) is 2.30. The maximum atomic E-state index is 2.47. The summed E-state index contributed by atoms with van der Waals surface area (Å²) in [4.78, 5) is 2.47. The Hall–Kier alpha value is -1.08. The molecule has 1 nitrogen and oxygen atoms in total. The number of likely N-dealkylation sites (tertiary alicyclic amines) is 1. The molecule has 14 heavy (non-hydrogen) atoms. The van der Waals surface area contributed by atoms with E-state index >= 15 is 0 Å². The van der Waals surface area contributed by atoms with Crippen LogP contribution in [0.2, 0.25) is 0 Å². The molecule has 0 amide bonds. The molecule has 1 aliphatic rings. The van der Waals surface area contributed by atoms with Gasteiger partial charge in [0.2, 0.25) is 0 Å². The molecule has 2 rings (SSSR count). The maximum Gasteiger partial charge on any atom is 0.0215 e. The second kappa shape index (κ2) is 3.97. The standard InChI is InChI=1S/C13H17N/c1-11(2)14-9-13(10-14)8-12-6-4-3-5-7-12/h3-8,11H,9-10H2,1-2H3. The lowest BCUT2D eigenvalue weighted by atomic mass is 10.0. The molecule has 0 aliphatic carbocycles. The SMILES string of the molecule is CC(C)N1CC(=Cc2ccccc2)C1. The highest BCUT2D eigenvalue weighted by atomic mass is 15.2. The highest BCUT2D eigenvalue weighted by Gasteiger charge is 2.21. The Labute approximate surface area is 86.1 Å². The number of hydrogen-bond donors (Lipinski definition) is 0. The second-order valence-corrected chi connectivity index (χ2v) is 4.21. The fourth-order valence-corrected chi connectivity index (χ4v) is 1.72. The van der Waals surface area contributed by atoms with Crippen molar-refractivity contribution in [2.45, 2.75) is 19.9 Å². The first-order valence-corrected chi connectivity index (χ1v) is 5.24. The molecular formula is C13H17N. The summed E-state index contributed by atoms with van der Waals surface area (Å²) in [6.45, 7) is 6.79. The highest BCUT2D eigenvalue weighted by molar-refractivity contribution is 5.55. The summed E-state index contributed by atoms with van der Waals surface area (Å²) in [7, 11) is 0. The van der Waals surface area contributed by atoms with Crippen LogP contribution in [0.3, 0.4) is 0 Å². The van der Waals surface area contributed by atoms with Gasteiger partial charge in [0.15, 0.2) is 0 Å². The Morgan fingerprint density at radius 3 is 2.36 bits per heavy atom. The van der Waals surface area contributed by atoms with Crippen LogP contribution in [0.4, 0.5) is 0 Å². The Bertz CT molecular complexity index is 316. The number of rotatable bonds is 2. The molecule has 1 heterocycles. The largest absolute Gasteiger partial charge is 0.293 e. The summed E-state index contributed by atoms with van der Waals surface area (Å²) >= 11 is 0. The molecule has 1 aromatic carbocycles. The van der Waals surface area contributed by atoms with E-state index in [4.69, 9.17) is 0 Å². The van der Waals surface area contributed by atoms with Crippen LogP contribution in [0.5, 0.6) is 0 Å². The van der Waals surface area contributed by atoms with Gasteiger partial charge in [-0.2, -0.15) is 0 Å². The minimum absolute atomic E-state index is 0.683. The predicted molar refractivity (Wildman–Crippen MR) is 61.1 cm³/mol. The average molecular weight is 187 g/mol. The van der Waals surface area contributed by atoms with Crippen LogP contribution in [0.25, 0.3) is 6.08 Å². The topological polar surface area (TPSA) is 3.24 Å². The van der Waals surface area contributed by atoms with Crippen LogP contribution < -0.4 is 0 Å². The fourth-order valence-electron chi connectivity index (χ4n) is 1.72. The van der Waals surface area contributed by atoms with E-state index in [1.165, 1.54) is 5.56 Å². The third-order valence-corrected chi connectivity index (χ3v) is 2.71. The molecule has 0 unspecified atom stereocenters. The van der Waals surface area contributed by atoms with Gasteiger partial charge in [-0.05, 0) is 25.0 Å². The molecule has 1 aromatic rings. The lowest BCUT2D eigenvalue weighted by Crippen LogP contribution is -2.44. The third kappa shape index (κ3) is 2.05. The molecule has 0 atom stereocenters. The minimum Gasteiger partial charge on any atom is -0.293 e. The molecule has 1 heteroatoms. The molecule has 74 valence electrons. The van der Waals surface area contributed by atoms with Gasteiger partial charge < -0.3 is 0 Å². The maximum absolute atomic E-state index is 2.47. The Kier molecular flexibility index (Phi) is 2.69. The molecule has 0 bridgehead atoms. The molecule has 0 saturated carbocycles. The summed E-state index contributed by atoms with van der Waals surface area (Å²) in [5.41, 5.74) is 2.87. The van der Waals surface area contributed by atoms with Crippen molar-refractivity contribution in [3.63, 3.8) is 0 Å². The summed E-state index contributed by atoms with van der Waals surface area (Å²) in [6, 6.07) is 11.2. The van der Waals surface area contributed by atoms with E-state index in [-0.39, 0.29) is 0 Å². The van der Waals surface area contributed by atoms with Crippen molar-refractivity contribution in [3.8, 4) is 0 Å². The lowest BCUT2D eigenvalue weighted by molar-refractivity contribution is 0.200. The highest BCUT2D eigenvalue weighted by Crippen LogP contribution is 2.19. The molecule has 1 saturated heterocycles. The zero-order valence-corrected chi connectivity index (χ0v) is 8.90. The first-order chi connectivity index (χ1) is 6.75. The van der Waals surface area contributed by atoms with Crippen molar-refractivity contribution in [2.75, 3.05) is 13.1 Å². The van der Waals surface area contributed by atoms with Crippen LogP contribution in [0, 0.1) is 0 Å². The van der Waals surface area contributed by atoms with E-state index in [1.54, 1.807) is 5.57 Å². The zero-order chi connectivity index (χ0) is 9.97. The summed E-state index contributed by atoms with van der Waals surface area (Å²) in [5, 5.41) is 0. The normalized spacial score (nSPS) is 16.9. The van der Waals surface area contributed by atoms with Crippen molar-refractivity contribution in [2.24, 2.45) is 0 Å². The Balaban J connectivity index is 1.97. The quantitative estimate of drug-likeness (QED) is 0.688. The van der Waals surface area contributed by atoms with Crippen LogP contribution in [0.15, 0.2) is 35.9 Å². The van der Waals surface area contributed by atoms with Crippen LogP contribution >= 0.6 is 0 Å². The number of benzene rings is 1. The van der Waals surface area contributed by atoms with Gasteiger partial charge in [-0.3, -0.25) is 4.90 Å². The van der Waals surface area contributed by atoms with Gasteiger partial charge >= 0.3 is 0 Å². The third-order valence-electron chi connectivity index (χ3n) is 2.71. The van der Waals surface area contributed by atoms with Gasteiger partial charge in [0.05, 0.1) is 0 Å². The van der Waals surface area contributed by atoms with Crippen LogP contribution in [0.1, 0.15) is 19.4 Å². The molecule has 0 N–H and O–H groups in total.